The smallest absolute Gasteiger partial charge is 0.340 e. The SMILES string of the molecule is Cc1c(Cc2ccccc2)c(=O)oc2c(C)c(OCC(=O)NCC3CCC(C(=O)[O-])CC3)ccc12. The average Bonchev–Trinajstić information content (AvgIpc) is 2.86. The van der Waals surface area contributed by atoms with Crippen molar-refractivity contribution in [2.24, 2.45) is 11.8 Å². The number of carbonyl (C=O) groups excluding carboxylic acids is 2. The lowest BCUT2D eigenvalue weighted by molar-refractivity contribution is -0.312. The molecule has 0 bridgehead atoms. The lowest BCUT2D eigenvalue weighted by Crippen LogP contribution is -2.37. The molecule has 7 heteroatoms. The van der Waals surface area contributed by atoms with Crippen molar-refractivity contribution in [3.63, 3.8) is 0 Å². The molecule has 0 unspecified atom stereocenters. The van der Waals surface area contributed by atoms with Gasteiger partial charge in [0.1, 0.15) is 11.3 Å². The predicted molar refractivity (Wildman–Crippen MR) is 130 cm³/mol. The van der Waals surface area contributed by atoms with Gasteiger partial charge in [0.15, 0.2) is 6.61 Å². The summed E-state index contributed by atoms with van der Waals surface area (Å²) in [7, 11) is 0. The number of fused-ring (bicyclic) bond motifs is 1. The summed E-state index contributed by atoms with van der Waals surface area (Å²) in [5, 5.41) is 14.7. The number of hydrogen-bond acceptors (Lipinski definition) is 6. The van der Waals surface area contributed by atoms with E-state index in [4.69, 9.17) is 9.15 Å². The Hall–Kier alpha value is -3.61. The number of aliphatic carboxylic acids is 1. The molecule has 1 saturated carbocycles. The van der Waals surface area contributed by atoms with Crippen LogP contribution in [0.2, 0.25) is 0 Å². The van der Waals surface area contributed by atoms with E-state index in [1.54, 1.807) is 6.07 Å². The van der Waals surface area contributed by atoms with Gasteiger partial charge in [0.05, 0.1) is 0 Å². The Morgan fingerprint density at radius 3 is 2.43 bits per heavy atom. The first-order valence-electron chi connectivity index (χ1n) is 12.0. The van der Waals surface area contributed by atoms with E-state index in [9.17, 15) is 19.5 Å². The monoisotopic (exact) mass is 476 g/mol. The third kappa shape index (κ3) is 5.73. The second-order valence-electron chi connectivity index (χ2n) is 9.35. The Bertz CT molecular complexity index is 1270. The van der Waals surface area contributed by atoms with Crippen LogP contribution in [-0.2, 0) is 16.0 Å². The molecule has 1 fully saturated rings. The van der Waals surface area contributed by atoms with Gasteiger partial charge in [-0.1, -0.05) is 30.3 Å². The van der Waals surface area contributed by atoms with Crippen molar-refractivity contribution in [1.29, 1.82) is 0 Å². The van der Waals surface area contributed by atoms with E-state index >= 15 is 0 Å². The van der Waals surface area contributed by atoms with Crippen LogP contribution in [0.5, 0.6) is 5.75 Å². The van der Waals surface area contributed by atoms with E-state index in [-0.39, 0.29) is 30.0 Å². The van der Waals surface area contributed by atoms with Crippen LogP contribution < -0.4 is 20.8 Å². The Kier molecular flexibility index (Phi) is 7.54. The number of carboxylic acid groups (broad SMARTS) is 1. The van der Waals surface area contributed by atoms with Gasteiger partial charge in [-0.25, -0.2) is 4.79 Å². The summed E-state index contributed by atoms with van der Waals surface area (Å²) in [5.41, 5.74) is 3.31. The molecule has 0 spiro atoms. The first kappa shape index (κ1) is 24.5. The van der Waals surface area contributed by atoms with Crippen LogP contribution in [-0.4, -0.2) is 25.0 Å². The number of rotatable bonds is 8. The van der Waals surface area contributed by atoms with Crippen molar-refractivity contribution < 1.29 is 23.8 Å². The fourth-order valence-corrected chi connectivity index (χ4v) is 4.79. The molecule has 0 atom stereocenters. The van der Waals surface area contributed by atoms with E-state index in [1.165, 1.54) is 0 Å². The molecule has 1 amide bonds. The molecule has 1 heterocycles. The van der Waals surface area contributed by atoms with Crippen molar-refractivity contribution in [2.75, 3.05) is 13.2 Å². The summed E-state index contributed by atoms with van der Waals surface area (Å²) in [6, 6.07) is 13.4. The highest BCUT2D eigenvalue weighted by atomic mass is 16.5. The molecule has 0 radical (unpaired) electrons. The minimum Gasteiger partial charge on any atom is -0.550 e. The topological polar surface area (TPSA) is 109 Å². The molecule has 35 heavy (non-hydrogen) atoms. The van der Waals surface area contributed by atoms with Gasteiger partial charge in [-0.3, -0.25) is 4.79 Å². The number of hydrogen-bond donors (Lipinski definition) is 1. The van der Waals surface area contributed by atoms with Crippen molar-refractivity contribution in [1.82, 2.24) is 5.32 Å². The lowest BCUT2D eigenvalue weighted by Gasteiger charge is -2.29. The third-order valence-corrected chi connectivity index (χ3v) is 7.00. The Labute approximate surface area is 204 Å². The molecule has 1 aliphatic rings. The van der Waals surface area contributed by atoms with Gasteiger partial charge in [0.2, 0.25) is 0 Å². The molecular weight excluding hydrogens is 446 g/mol. The minimum atomic E-state index is -0.981. The number of carboxylic acids is 1. The predicted octanol–water partition coefficient (Wildman–Crippen LogP) is 3.05. The number of nitrogens with one attached hydrogen (secondary N) is 1. The molecule has 184 valence electrons. The maximum atomic E-state index is 12.8. The number of ether oxygens (including phenoxy) is 1. The number of amides is 1. The molecule has 2 aromatic carbocycles. The number of benzene rings is 2. The zero-order valence-corrected chi connectivity index (χ0v) is 20.1. The van der Waals surface area contributed by atoms with Crippen molar-refractivity contribution in [2.45, 2.75) is 46.0 Å². The summed E-state index contributed by atoms with van der Waals surface area (Å²) < 4.78 is 11.4. The van der Waals surface area contributed by atoms with Crippen LogP contribution in [0.15, 0.2) is 51.7 Å². The highest BCUT2D eigenvalue weighted by Crippen LogP contribution is 2.30. The Morgan fingerprint density at radius 1 is 1.03 bits per heavy atom. The van der Waals surface area contributed by atoms with Gasteiger partial charge in [-0.05, 0) is 74.6 Å². The van der Waals surface area contributed by atoms with E-state index in [0.29, 0.717) is 48.3 Å². The standard InChI is InChI=1S/C28H31NO6/c1-17-22-12-13-24(34-16-25(30)29-15-20-8-10-21(11-9-20)27(31)32)18(2)26(22)35-28(33)23(17)14-19-6-4-3-5-7-19/h3-7,12-13,20-21H,8-11,14-16H2,1-2H3,(H,29,30)(H,31,32)/p-1. The zero-order valence-electron chi connectivity index (χ0n) is 20.1. The van der Waals surface area contributed by atoms with Crippen LogP contribution in [0.4, 0.5) is 0 Å². The van der Waals surface area contributed by atoms with Crippen LogP contribution in [0, 0.1) is 25.7 Å². The highest BCUT2D eigenvalue weighted by molar-refractivity contribution is 5.86. The minimum absolute atomic E-state index is 0.157. The van der Waals surface area contributed by atoms with Crippen LogP contribution >= 0.6 is 0 Å². The molecule has 0 aliphatic heterocycles. The second-order valence-corrected chi connectivity index (χ2v) is 9.35. The summed E-state index contributed by atoms with van der Waals surface area (Å²) in [5.74, 6) is -0.855. The molecule has 7 nitrogen and oxygen atoms in total. The van der Waals surface area contributed by atoms with Crippen LogP contribution in [0.25, 0.3) is 11.0 Å². The molecular formula is C28H30NO6-. The molecule has 4 rings (SSSR count). The largest absolute Gasteiger partial charge is 0.550 e. The summed E-state index contributed by atoms with van der Waals surface area (Å²) >= 11 is 0. The molecule has 3 aromatic rings. The van der Waals surface area contributed by atoms with Gasteiger partial charge in [-0.15, -0.1) is 0 Å². The summed E-state index contributed by atoms with van der Waals surface area (Å²) in [6.07, 6.45) is 3.19. The van der Waals surface area contributed by atoms with E-state index in [0.717, 1.165) is 29.4 Å². The van der Waals surface area contributed by atoms with Gasteiger partial charge >= 0.3 is 5.63 Å². The van der Waals surface area contributed by atoms with Crippen LogP contribution in [0.1, 0.15) is 47.9 Å². The fourth-order valence-electron chi connectivity index (χ4n) is 4.79. The van der Waals surface area contributed by atoms with Gasteiger partial charge in [0, 0.05) is 35.4 Å². The van der Waals surface area contributed by atoms with Gasteiger partial charge < -0.3 is 24.4 Å². The molecule has 1 N–H and O–H groups in total. The van der Waals surface area contributed by atoms with Crippen molar-refractivity contribution in [3.05, 3.63) is 75.1 Å². The maximum absolute atomic E-state index is 12.8. The van der Waals surface area contributed by atoms with Crippen molar-refractivity contribution >= 4 is 22.8 Å². The first-order valence-corrected chi connectivity index (χ1v) is 12.0. The zero-order chi connectivity index (χ0) is 24.9. The fraction of sp³-hybridized carbons (Fsp3) is 0.393. The summed E-state index contributed by atoms with van der Waals surface area (Å²) in [6.45, 7) is 4.07. The van der Waals surface area contributed by atoms with E-state index in [1.807, 2.05) is 50.2 Å². The van der Waals surface area contributed by atoms with E-state index in [2.05, 4.69) is 5.32 Å². The summed E-state index contributed by atoms with van der Waals surface area (Å²) in [4.78, 5) is 36.1. The Morgan fingerprint density at radius 2 is 1.74 bits per heavy atom. The van der Waals surface area contributed by atoms with Gasteiger partial charge in [0.25, 0.3) is 5.91 Å². The molecule has 1 aliphatic carbocycles. The average molecular weight is 477 g/mol. The lowest BCUT2D eigenvalue weighted by atomic mass is 9.82. The second kappa shape index (κ2) is 10.8. The maximum Gasteiger partial charge on any atom is 0.340 e. The first-order chi connectivity index (χ1) is 16.8. The van der Waals surface area contributed by atoms with E-state index < -0.39 is 5.97 Å². The quantitative estimate of drug-likeness (QED) is 0.501. The van der Waals surface area contributed by atoms with Crippen molar-refractivity contribution in [3.8, 4) is 5.75 Å². The third-order valence-electron chi connectivity index (χ3n) is 7.00. The number of carbonyl (C=O) groups is 2. The normalized spacial score (nSPS) is 17.8. The molecule has 1 aromatic heterocycles. The number of aryl methyl sites for hydroxylation is 2. The molecule has 0 saturated heterocycles. The van der Waals surface area contributed by atoms with Gasteiger partial charge in [-0.2, -0.15) is 0 Å². The highest BCUT2D eigenvalue weighted by Gasteiger charge is 2.22. The van der Waals surface area contributed by atoms with Crippen LogP contribution in [0.3, 0.4) is 0 Å². The Balaban J connectivity index is 1.39.